The first kappa shape index (κ1) is 18.0. The Bertz CT molecular complexity index is 797. The minimum atomic E-state index is 0. The Balaban J connectivity index is 0.00000208. The molecule has 0 saturated carbocycles. The molecule has 2 aromatic carbocycles. The molecule has 0 fully saturated rings. The molecule has 0 unspecified atom stereocenters. The lowest BCUT2D eigenvalue weighted by Gasteiger charge is -2.04. The lowest BCUT2D eigenvalue weighted by Crippen LogP contribution is -2.22. The average molecular weight is 434 g/mol. The van der Waals surface area contributed by atoms with E-state index in [-0.39, 0.29) is 30.5 Å². The fraction of sp³-hybridized carbons (Fsp3) is 0.111. The van der Waals surface area contributed by atoms with Gasteiger partial charge < -0.3 is 15.5 Å². The van der Waals surface area contributed by atoms with E-state index >= 15 is 0 Å². The third kappa shape index (κ3) is 4.82. The van der Waals surface area contributed by atoms with E-state index in [1.807, 2.05) is 61.5 Å². The molecule has 3 rings (SSSR count). The molecule has 0 bridgehead atoms. The number of halogens is 1. The van der Waals surface area contributed by atoms with E-state index in [0.717, 1.165) is 17.0 Å². The van der Waals surface area contributed by atoms with Crippen LogP contribution in [0.1, 0.15) is 11.5 Å². The Hall–Kier alpha value is -2.35. The Morgan fingerprint density at radius 3 is 2.54 bits per heavy atom. The molecule has 0 aliphatic heterocycles. The van der Waals surface area contributed by atoms with E-state index in [2.05, 4.69) is 15.3 Å². The molecule has 1 aromatic heterocycles. The van der Waals surface area contributed by atoms with Gasteiger partial charge in [0.25, 0.3) is 0 Å². The first-order valence-corrected chi connectivity index (χ1v) is 7.34. The second-order valence-corrected chi connectivity index (χ2v) is 5.18. The molecule has 5 nitrogen and oxygen atoms in total. The van der Waals surface area contributed by atoms with Gasteiger partial charge in [-0.25, -0.2) is 9.98 Å². The third-order valence-corrected chi connectivity index (χ3v) is 3.32. The summed E-state index contributed by atoms with van der Waals surface area (Å²) < 4.78 is 5.71. The first-order valence-electron chi connectivity index (χ1n) is 7.34. The highest BCUT2D eigenvalue weighted by molar-refractivity contribution is 14.0. The van der Waals surface area contributed by atoms with Crippen molar-refractivity contribution >= 4 is 35.6 Å². The summed E-state index contributed by atoms with van der Waals surface area (Å²) in [5.41, 5.74) is 8.95. The molecular weight excluding hydrogens is 415 g/mol. The molecule has 0 aliphatic carbocycles. The number of nitrogens with zero attached hydrogens (tertiary/aromatic N) is 2. The molecule has 0 saturated heterocycles. The van der Waals surface area contributed by atoms with Crippen molar-refractivity contribution in [2.24, 2.45) is 10.7 Å². The summed E-state index contributed by atoms with van der Waals surface area (Å²) in [6.45, 7) is 2.34. The highest BCUT2D eigenvalue weighted by Crippen LogP contribution is 2.21. The van der Waals surface area contributed by atoms with Gasteiger partial charge in [0.1, 0.15) is 6.54 Å². The van der Waals surface area contributed by atoms with Crippen molar-refractivity contribution in [3.05, 3.63) is 72.2 Å². The molecule has 0 radical (unpaired) electrons. The largest absolute Gasteiger partial charge is 0.439 e. The van der Waals surface area contributed by atoms with Crippen molar-refractivity contribution in [1.82, 2.24) is 4.98 Å². The van der Waals surface area contributed by atoms with Gasteiger partial charge in [-0.1, -0.05) is 48.0 Å². The standard InChI is InChI=1S/C18H18N4O.HI/c1-13-7-9-14(10-8-13)16-11-20-17(23-16)12-21-18(19)22-15-5-3-2-4-6-15;/h2-11H,12H2,1H3,(H3,19,21,22);1H. The predicted molar refractivity (Wildman–Crippen MR) is 107 cm³/mol. The smallest absolute Gasteiger partial charge is 0.216 e. The number of para-hydroxylation sites is 1. The number of aromatic nitrogens is 1. The van der Waals surface area contributed by atoms with Gasteiger partial charge in [-0.2, -0.15) is 0 Å². The molecule has 1 heterocycles. The number of benzene rings is 2. The number of hydrogen-bond donors (Lipinski definition) is 2. The van der Waals surface area contributed by atoms with E-state index in [4.69, 9.17) is 10.2 Å². The van der Waals surface area contributed by atoms with E-state index in [0.29, 0.717) is 11.9 Å². The SMILES string of the molecule is Cc1ccc(-c2cnc(CN=C(N)Nc3ccccc3)o2)cc1.I. The Labute approximate surface area is 158 Å². The minimum Gasteiger partial charge on any atom is -0.439 e. The summed E-state index contributed by atoms with van der Waals surface area (Å²) in [6, 6.07) is 17.7. The predicted octanol–water partition coefficient (Wildman–Crippen LogP) is 4.19. The highest BCUT2D eigenvalue weighted by atomic mass is 127. The van der Waals surface area contributed by atoms with Crippen LogP contribution in [0.5, 0.6) is 0 Å². The number of guanidine groups is 1. The number of aryl methyl sites for hydroxylation is 1. The number of hydrogen-bond acceptors (Lipinski definition) is 3. The molecule has 0 spiro atoms. The molecule has 0 atom stereocenters. The van der Waals surface area contributed by atoms with Crippen LogP contribution < -0.4 is 11.1 Å². The monoisotopic (exact) mass is 434 g/mol. The second-order valence-electron chi connectivity index (χ2n) is 5.18. The summed E-state index contributed by atoms with van der Waals surface area (Å²) in [5, 5.41) is 3.02. The molecule has 24 heavy (non-hydrogen) atoms. The quantitative estimate of drug-likeness (QED) is 0.367. The van der Waals surface area contributed by atoms with Gasteiger partial charge in [0.05, 0.1) is 6.20 Å². The zero-order chi connectivity index (χ0) is 16.1. The maximum Gasteiger partial charge on any atom is 0.216 e. The summed E-state index contributed by atoms with van der Waals surface area (Å²) >= 11 is 0. The average Bonchev–Trinajstić information content (AvgIpc) is 3.04. The van der Waals surface area contributed by atoms with Crippen LogP contribution in [-0.2, 0) is 6.54 Å². The van der Waals surface area contributed by atoms with Crippen molar-refractivity contribution in [1.29, 1.82) is 0 Å². The maximum absolute atomic E-state index is 5.86. The number of aliphatic imine (C=N–C) groups is 1. The molecule has 0 amide bonds. The lowest BCUT2D eigenvalue weighted by atomic mass is 10.1. The van der Waals surface area contributed by atoms with Crippen LogP contribution in [0.15, 0.2) is 70.2 Å². The van der Waals surface area contributed by atoms with Gasteiger partial charge in [0.2, 0.25) is 5.89 Å². The molecule has 6 heteroatoms. The third-order valence-electron chi connectivity index (χ3n) is 3.32. The highest BCUT2D eigenvalue weighted by Gasteiger charge is 2.06. The summed E-state index contributed by atoms with van der Waals surface area (Å²) in [7, 11) is 0. The Morgan fingerprint density at radius 1 is 1.12 bits per heavy atom. The van der Waals surface area contributed by atoms with Gasteiger partial charge in [-0.3, -0.25) is 0 Å². The Morgan fingerprint density at radius 2 is 1.83 bits per heavy atom. The summed E-state index contributed by atoms with van der Waals surface area (Å²) in [5.74, 6) is 1.58. The van der Waals surface area contributed by atoms with Crippen molar-refractivity contribution < 1.29 is 4.42 Å². The number of nitrogens with one attached hydrogen (secondary N) is 1. The first-order chi connectivity index (χ1) is 11.2. The van der Waals surface area contributed by atoms with Crippen LogP contribution in [0.2, 0.25) is 0 Å². The van der Waals surface area contributed by atoms with Crippen molar-refractivity contribution in [3.63, 3.8) is 0 Å². The second kappa shape index (κ2) is 8.49. The number of oxazole rings is 1. The fourth-order valence-electron chi connectivity index (χ4n) is 2.10. The van der Waals surface area contributed by atoms with Crippen molar-refractivity contribution in [3.8, 4) is 11.3 Å². The van der Waals surface area contributed by atoms with Gasteiger partial charge in [-0.05, 0) is 19.1 Å². The number of anilines is 1. The van der Waals surface area contributed by atoms with E-state index < -0.39 is 0 Å². The van der Waals surface area contributed by atoms with Crippen LogP contribution in [0, 0.1) is 6.92 Å². The van der Waals surface area contributed by atoms with Gasteiger partial charge >= 0.3 is 0 Å². The molecular formula is C18H19IN4O. The number of rotatable bonds is 4. The van der Waals surface area contributed by atoms with Gasteiger partial charge in [0.15, 0.2) is 11.7 Å². The number of nitrogens with two attached hydrogens (primary N) is 1. The van der Waals surface area contributed by atoms with Crippen LogP contribution >= 0.6 is 24.0 Å². The van der Waals surface area contributed by atoms with Crippen molar-refractivity contribution in [2.75, 3.05) is 5.32 Å². The van der Waals surface area contributed by atoms with Crippen LogP contribution in [-0.4, -0.2) is 10.9 Å². The van der Waals surface area contributed by atoms with Crippen LogP contribution in [0.4, 0.5) is 5.69 Å². The zero-order valence-electron chi connectivity index (χ0n) is 13.3. The molecule has 3 N–H and O–H groups in total. The van der Waals surface area contributed by atoms with E-state index in [1.165, 1.54) is 5.56 Å². The summed E-state index contributed by atoms with van der Waals surface area (Å²) in [4.78, 5) is 8.47. The lowest BCUT2D eigenvalue weighted by molar-refractivity contribution is 0.510. The maximum atomic E-state index is 5.86. The normalized spacial score (nSPS) is 11.0. The molecule has 124 valence electrons. The topological polar surface area (TPSA) is 76.4 Å². The zero-order valence-corrected chi connectivity index (χ0v) is 15.6. The molecule has 0 aliphatic rings. The van der Waals surface area contributed by atoms with Gasteiger partial charge in [0, 0.05) is 11.3 Å². The summed E-state index contributed by atoms with van der Waals surface area (Å²) in [6.07, 6.45) is 1.70. The van der Waals surface area contributed by atoms with Crippen LogP contribution in [0.3, 0.4) is 0 Å². The van der Waals surface area contributed by atoms with Crippen molar-refractivity contribution in [2.45, 2.75) is 13.5 Å². The fourth-order valence-corrected chi connectivity index (χ4v) is 2.10. The van der Waals surface area contributed by atoms with Gasteiger partial charge in [-0.15, -0.1) is 24.0 Å². The Kier molecular flexibility index (Phi) is 6.36. The van der Waals surface area contributed by atoms with E-state index in [9.17, 15) is 0 Å². The molecule has 3 aromatic rings. The van der Waals surface area contributed by atoms with Crippen LogP contribution in [0.25, 0.3) is 11.3 Å². The minimum absolute atomic E-state index is 0. The van der Waals surface area contributed by atoms with E-state index in [1.54, 1.807) is 6.20 Å².